The van der Waals surface area contributed by atoms with Gasteiger partial charge in [-0.05, 0) is 0 Å². The van der Waals surface area contributed by atoms with Crippen LogP contribution in [0.25, 0.3) is 21.5 Å². The van der Waals surface area contributed by atoms with E-state index in [1.807, 2.05) is 97.1 Å². The molecule has 15 N–H and O–H groups in total. The van der Waals surface area contributed by atoms with Gasteiger partial charge in [-0.3, -0.25) is 0 Å². The number of nitrogens with one attached hydrogen (secondary N) is 3. The van der Waals surface area contributed by atoms with Crippen LogP contribution in [-0.4, -0.2) is 133 Å². The van der Waals surface area contributed by atoms with E-state index in [2.05, 4.69) is 59.1 Å². The van der Waals surface area contributed by atoms with Crippen molar-refractivity contribution in [2.45, 2.75) is 81.4 Å². The van der Waals surface area contributed by atoms with Gasteiger partial charge in [0.1, 0.15) is 0 Å². The maximum atomic E-state index is 13.2. The molecule has 1 spiro atoms. The minimum atomic E-state index is -7.11. The van der Waals surface area contributed by atoms with Crippen molar-refractivity contribution in [1.82, 2.24) is 42.9 Å². The Bertz CT molecular complexity index is 4090. The molecule has 31 heteroatoms. The topological polar surface area (TPSA) is 418 Å². The van der Waals surface area contributed by atoms with E-state index in [0.717, 1.165) is 43.8 Å². The maximum Gasteiger partial charge on any atom is -0.369 e. The fraction of sp³-hybridized carbons (Fsp3) is 0.314. The Morgan fingerprint density at radius 1 is 0.573 bits per heavy atom. The van der Waals surface area contributed by atoms with Crippen molar-refractivity contribution in [3.05, 3.63) is 130 Å². The first kappa shape index (κ1) is 59.3. The molecular formula is C51H66N14O12S2Si3. The van der Waals surface area contributed by atoms with Crippen LogP contribution in [0.5, 0.6) is 0 Å². The van der Waals surface area contributed by atoms with E-state index in [0.29, 0.717) is 83.8 Å². The van der Waals surface area contributed by atoms with E-state index in [-0.39, 0.29) is 50.2 Å². The summed E-state index contributed by atoms with van der Waals surface area (Å²) in [4.78, 5) is 60.3. The number of carbonyl (C=O) groups is 3. The number of rotatable bonds is 21. The number of carboxylic acids is 1. The number of amides is 3. The standard InChI is InChI=1S/C51H57N11O12S2Si3.3H3N/c1-77(2,29-15-27-52-40(63)25-13-14-26-41(64)65)73-79(74-78(3,4)30-16-28-53-51(66)54-31-42(75(67,68)69)76(70,71)72)59-43-32-17-5-6-18-33(32)44(59)56-46-36-21-9-10-22-37(36)48(61(46)79)58-50-39-24-12-11-23-38(39)49(62(50)79)57-47-35-20-8-7-19-34(35)45(55-43)60(47)79;;;/h5-12,17-24,42H,13-16,25-31H2,1-4H3,(H,52,63)(H,64,65)(H2,53,54,66)(H,67,68,69)(H,70,71,72);3*1H3. The third kappa shape index (κ3) is 8.27. The van der Waals surface area contributed by atoms with Gasteiger partial charge >= 0.3 is 447 Å². The molecule has 0 aliphatic carbocycles. The predicted octanol–water partition coefficient (Wildman–Crippen LogP) is 3.82. The van der Waals surface area contributed by atoms with Gasteiger partial charge in [-0.15, -0.1) is 0 Å². The van der Waals surface area contributed by atoms with Gasteiger partial charge < -0.3 is 28.4 Å². The summed E-state index contributed by atoms with van der Waals surface area (Å²) in [6.07, 6.45) is 1.50. The Morgan fingerprint density at radius 3 is 1.44 bits per heavy atom. The summed E-state index contributed by atoms with van der Waals surface area (Å²) in [7, 11) is -25.3. The fourth-order valence-corrected chi connectivity index (χ4v) is 37.0. The van der Waals surface area contributed by atoms with Crippen molar-refractivity contribution >= 4 is 119 Å². The SMILES string of the molecule is C[Si](C)(CCCNC(=O)CCCCC(=O)[O-])O[Si-2]123(O[Si](C)(C)CCCNC(=O)NCC(S(=O)(=O)[O-])S(=O)(=O)[O-])n4c5c6ccccc6c4N=C4c6ccccc6C(=[N+]41)N=c1c4ccccc4c(n12)=NC1=[N+]3C(=N5)c2ccccc21.[NH4+].[NH4+].[NH4+]. The Balaban J connectivity index is 0.00000270. The van der Waals surface area contributed by atoms with E-state index >= 15 is 0 Å². The number of fused-ring (bicyclic) bond motifs is 12. The number of aliphatic carboxylic acids is 1. The van der Waals surface area contributed by atoms with Crippen LogP contribution >= 0.6 is 0 Å². The minimum absolute atomic E-state index is 0. The summed E-state index contributed by atoms with van der Waals surface area (Å²) in [5.41, 5.74) is 4.20. The number of carbonyl (C=O) groups excluding carboxylic acids is 3. The van der Waals surface area contributed by atoms with Crippen LogP contribution in [0.15, 0.2) is 117 Å². The maximum absolute atomic E-state index is 13.2. The average Bonchev–Trinajstić information content (AvgIpc) is 1.83. The first-order valence-corrected chi connectivity index (χ1v) is 37.8. The van der Waals surface area contributed by atoms with Gasteiger partial charge in [0.15, 0.2) is 0 Å². The van der Waals surface area contributed by atoms with Crippen LogP contribution in [0.4, 0.5) is 16.4 Å². The minimum Gasteiger partial charge on any atom is -0.369 e. The zero-order valence-corrected chi connectivity index (χ0v) is 51.0. The third-order valence-electron chi connectivity index (χ3n) is 15.7. The molecule has 0 unspecified atom stereocenters. The molecule has 4 aromatic carbocycles. The molecule has 0 radical (unpaired) electrons. The van der Waals surface area contributed by atoms with E-state index in [1.54, 1.807) is 0 Å². The van der Waals surface area contributed by atoms with Crippen molar-refractivity contribution in [2.75, 3.05) is 19.6 Å². The molecule has 12 rings (SSSR count). The second-order valence-electron chi connectivity index (χ2n) is 21.9. The Kier molecular flexibility index (Phi) is 14.5. The summed E-state index contributed by atoms with van der Waals surface area (Å²) in [6.45, 7) is 7.48. The summed E-state index contributed by atoms with van der Waals surface area (Å²) in [6, 6.07) is 31.7. The molecule has 82 heavy (non-hydrogen) atoms. The molecule has 0 atom stereocenters. The van der Waals surface area contributed by atoms with Gasteiger partial charge in [-0.2, -0.15) is 0 Å². The number of quaternary nitrogens is 3. The van der Waals surface area contributed by atoms with Crippen LogP contribution in [0, 0.1) is 0 Å². The number of unbranched alkanes of at least 4 members (excludes halogenated alkanes) is 1. The number of aromatic nitrogens is 2. The monoisotopic (exact) mass is 1210 g/mol. The third-order valence-corrected chi connectivity index (χ3v) is 35.4. The van der Waals surface area contributed by atoms with Crippen LogP contribution in [-0.2, 0) is 38.1 Å². The van der Waals surface area contributed by atoms with Crippen molar-refractivity contribution in [2.24, 2.45) is 20.0 Å². The normalized spacial score (nSPS) is 17.5. The van der Waals surface area contributed by atoms with E-state index < -0.39 is 67.8 Å². The summed E-state index contributed by atoms with van der Waals surface area (Å²) in [5, 5.41) is 21.9. The molecule has 26 nitrogen and oxygen atoms in total. The van der Waals surface area contributed by atoms with Gasteiger partial charge in [-0.1, -0.05) is 0 Å². The number of nitrogens with zero attached hydrogens (tertiary/aromatic N) is 8. The molecule has 3 amide bonds. The molecular weight excluding hydrogens is 1150 g/mol. The molecule has 8 heterocycles. The fourth-order valence-electron chi connectivity index (χ4n) is 13.0. The molecule has 0 saturated carbocycles. The second kappa shape index (κ2) is 20.0. The molecule has 6 aliphatic rings. The van der Waals surface area contributed by atoms with Crippen LogP contribution < -0.4 is 50.5 Å². The molecule has 436 valence electrons. The number of urea groups is 1. The van der Waals surface area contributed by atoms with Gasteiger partial charge in [0.25, 0.3) is 0 Å². The first-order chi connectivity index (χ1) is 37.5. The number of hydrogen-bond acceptors (Lipinski definition) is 16. The molecule has 6 aromatic rings. The van der Waals surface area contributed by atoms with Crippen molar-refractivity contribution in [3.63, 3.8) is 0 Å². The van der Waals surface area contributed by atoms with Crippen LogP contribution in [0.2, 0.25) is 38.3 Å². The van der Waals surface area contributed by atoms with Crippen molar-refractivity contribution < 1.29 is 62.1 Å². The number of aliphatic imine (C=N–C) groups is 2. The van der Waals surface area contributed by atoms with Gasteiger partial charge in [0, 0.05) is 0 Å². The van der Waals surface area contributed by atoms with Gasteiger partial charge in [0.2, 0.25) is 0 Å². The summed E-state index contributed by atoms with van der Waals surface area (Å²) < 4.78 is 94.0. The van der Waals surface area contributed by atoms with Gasteiger partial charge in [0.05, 0.1) is 0 Å². The van der Waals surface area contributed by atoms with Gasteiger partial charge in [-0.25, -0.2) is 0 Å². The quantitative estimate of drug-likeness (QED) is 0.0340. The Hall–Kier alpha value is -7.28. The van der Waals surface area contributed by atoms with E-state index in [9.17, 15) is 45.4 Å². The summed E-state index contributed by atoms with van der Waals surface area (Å²) >= 11 is 0. The zero-order chi connectivity index (χ0) is 55.7. The Labute approximate surface area is 473 Å². The average molecular weight is 1220 g/mol. The second-order valence-corrected chi connectivity index (χ2v) is 39.6. The number of benzene rings is 4. The molecule has 6 aliphatic heterocycles. The molecule has 0 fully saturated rings. The largest absolute Gasteiger partial charge is 0.369 e. The Morgan fingerprint density at radius 2 is 0.988 bits per heavy atom. The van der Waals surface area contributed by atoms with Crippen LogP contribution in [0.1, 0.15) is 60.8 Å². The number of hydrogen-bond donors (Lipinski definition) is 6. The predicted molar refractivity (Wildman–Crippen MR) is 312 cm³/mol. The molecule has 2 aromatic heterocycles. The van der Waals surface area contributed by atoms with Crippen molar-refractivity contribution in [1.29, 1.82) is 0 Å². The van der Waals surface area contributed by atoms with E-state index in [4.69, 9.17) is 28.2 Å². The zero-order valence-electron chi connectivity index (χ0n) is 46.4. The number of amidine groups is 4. The summed E-state index contributed by atoms with van der Waals surface area (Å²) in [5.74, 6) is 1.84. The van der Waals surface area contributed by atoms with E-state index in [1.165, 1.54) is 0 Å². The van der Waals surface area contributed by atoms with Crippen molar-refractivity contribution in [3.8, 4) is 0 Å². The molecule has 0 saturated heterocycles. The first-order valence-electron chi connectivity index (χ1n) is 26.0. The smallest absolute Gasteiger partial charge is 0.369 e. The molecule has 0 bridgehead atoms. The number of carboxylic acid groups (broad SMARTS) is 1. The van der Waals surface area contributed by atoms with Crippen LogP contribution in [0.3, 0.4) is 0 Å².